The minimum absolute atomic E-state index is 0.00873. The fourth-order valence-electron chi connectivity index (χ4n) is 5.51. The van der Waals surface area contributed by atoms with E-state index in [-0.39, 0.29) is 34.6 Å². The molecular formula is C29H24FN3O3. The van der Waals surface area contributed by atoms with E-state index in [2.05, 4.69) is 5.32 Å². The molecule has 2 amide bonds. The van der Waals surface area contributed by atoms with Gasteiger partial charge in [-0.2, -0.15) is 0 Å². The summed E-state index contributed by atoms with van der Waals surface area (Å²) in [6.45, 7) is 1.62. The third-order valence-electron chi connectivity index (χ3n) is 7.24. The number of likely N-dealkylation sites (tertiary alicyclic amines) is 1. The molecule has 2 bridgehead atoms. The van der Waals surface area contributed by atoms with Crippen LogP contribution >= 0.6 is 0 Å². The van der Waals surface area contributed by atoms with Crippen molar-refractivity contribution in [3.05, 3.63) is 112 Å². The van der Waals surface area contributed by atoms with Gasteiger partial charge in [0, 0.05) is 42.4 Å². The number of hydrogen-bond donors (Lipinski definition) is 1. The molecule has 3 heterocycles. The van der Waals surface area contributed by atoms with Gasteiger partial charge in [-0.15, -0.1) is 0 Å². The van der Waals surface area contributed by atoms with Gasteiger partial charge < -0.3 is 14.8 Å². The molecule has 7 heteroatoms. The molecule has 2 aliphatic rings. The van der Waals surface area contributed by atoms with Gasteiger partial charge >= 0.3 is 0 Å². The van der Waals surface area contributed by atoms with Crippen molar-refractivity contribution >= 4 is 28.3 Å². The lowest BCUT2D eigenvalue weighted by Gasteiger charge is -2.43. The summed E-state index contributed by atoms with van der Waals surface area (Å²) in [5.41, 5.74) is 1.76. The number of carbonyl (C=O) groups excluding carboxylic acids is 2. The highest BCUT2D eigenvalue weighted by atomic mass is 19.1. The molecule has 2 atom stereocenters. The predicted molar refractivity (Wildman–Crippen MR) is 136 cm³/mol. The number of hydrogen-bond acceptors (Lipinski definition) is 3. The number of carbonyl (C=O) groups is 2. The Labute approximate surface area is 207 Å². The third-order valence-corrected chi connectivity index (χ3v) is 7.24. The number of benzene rings is 3. The smallest absolute Gasteiger partial charge is 0.274 e. The Morgan fingerprint density at radius 1 is 0.833 bits per heavy atom. The molecule has 0 spiro atoms. The quantitative estimate of drug-likeness (QED) is 0.463. The summed E-state index contributed by atoms with van der Waals surface area (Å²) in [4.78, 5) is 41.1. The van der Waals surface area contributed by atoms with Crippen LogP contribution in [-0.2, 0) is 6.54 Å². The van der Waals surface area contributed by atoms with Gasteiger partial charge in [-0.25, -0.2) is 4.39 Å². The first-order valence-electron chi connectivity index (χ1n) is 12.0. The minimum Gasteiger partial charge on any atom is -0.338 e. The first kappa shape index (κ1) is 22.2. The number of nitrogens with one attached hydrogen (secondary N) is 1. The van der Waals surface area contributed by atoms with Crippen LogP contribution in [0.25, 0.3) is 10.8 Å². The van der Waals surface area contributed by atoms with E-state index >= 15 is 0 Å². The number of fused-ring (bicyclic) bond motifs is 5. The lowest BCUT2D eigenvalue weighted by Crippen LogP contribution is -2.49. The van der Waals surface area contributed by atoms with Crippen LogP contribution in [0.5, 0.6) is 0 Å². The van der Waals surface area contributed by atoms with E-state index in [1.165, 1.54) is 24.3 Å². The molecular weight excluding hydrogens is 457 g/mol. The summed E-state index contributed by atoms with van der Waals surface area (Å²) in [5.74, 6) is -0.678. The number of anilines is 1. The summed E-state index contributed by atoms with van der Waals surface area (Å²) in [6.07, 6.45) is 0.919. The van der Waals surface area contributed by atoms with Crippen LogP contribution in [0.3, 0.4) is 0 Å². The van der Waals surface area contributed by atoms with E-state index in [4.69, 9.17) is 0 Å². The maximum atomic E-state index is 13.4. The highest BCUT2D eigenvalue weighted by Gasteiger charge is 2.37. The molecule has 0 saturated carbocycles. The summed E-state index contributed by atoms with van der Waals surface area (Å²) < 4.78 is 14.9. The molecule has 1 aromatic heterocycles. The van der Waals surface area contributed by atoms with E-state index in [0.29, 0.717) is 25.2 Å². The largest absolute Gasteiger partial charge is 0.338 e. The van der Waals surface area contributed by atoms with Gasteiger partial charge in [0.1, 0.15) is 11.5 Å². The van der Waals surface area contributed by atoms with Gasteiger partial charge in [0.2, 0.25) is 0 Å². The van der Waals surface area contributed by atoms with Crippen molar-refractivity contribution in [2.45, 2.75) is 18.9 Å². The summed E-state index contributed by atoms with van der Waals surface area (Å²) in [7, 11) is 0. The van der Waals surface area contributed by atoms with E-state index in [1.807, 2.05) is 53.4 Å². The van der Waals surface area contributed by atoms with Crippen LogP contribution in [0.2, 0.25) is 0 Å². The number of halogens is 1. The lowest BCUT2D eigenvalue weighted by atomic mass is 9.83. The first-order chi connectivity index (χ1) is 17.5. The van der Waals surface area contributed by atoms with Crippen LogP contribution in [0, 0.1) is 11.7 Å². The van der Waals surface area contributed by atoms with Crippen LogP contribution in [0.1, 0.15) is 38.7 Å². The number of rotatable bonds is 3. The monoisotopic (exact) mass is 481 g/mol. The topological polar surface area (TPSA) is 71.4 Å². The van der Waals surface area contributed by atoms with Crippen molar-refractivity contribution in [1.29, 1.82) is 0 Å². The molecule has 4 aromatic rings. The Kier molecular flexibility index (Phi) is 5.40. The highest BCUT2D eigenvalue weighted by Crippen LogP contribution is 2.36. The number of aromatic nitrogens is 1. The van der Waals surface area contributed by atoms with Crippen molar-refractivity contribution in [3.8, 4) is 0 Å². The minimum atomic E-state index is -0.462. The van der Waals surface area contributed by atoms with Crippen LogP contribution < -0.4 is 10.9 Å². The SMILES string of the molecule is O=C(Nc1ccc2n(c1=O)C[C@@H]1C[C@@H]2CN(C(=O)c2ccc3ccccc3c2)C1)c1ccc(F)cc1. The molecule has 0 radical (unpaired) electrons. The van der Waals surface area contributed by atoms with E-state index in [0.717, 1.165) is 22.9 Å². The van der Waals surface area contributed by atoms with E-state index in [1.54, 1.807) is 10.6 Å². The summed E-state index contributed by atoms with van der Waals surface area (Å²) in [6, 6.07) is 22.4. The maximum absolute atomic E-state index is 13.4. The van der Waals surface area contributed by atoms with Crippen molar-refractivity contribution in [3.63, 3.8) is 0 Å². The summed E-state index contributed by atoms with van der Waals surface area (Å²) >= 11 is 0. The van der Waals surface area contributed by atoms with Crippen molar-refractivity contribution < 1.29 is 14.0 Å². The number of piperidine rings is 1. The number of amides is 2. The highest BCUT2D eigenvalue weighted by molar-refractivity contribution is 6.04. The molecule has 6 rings (SSSR count). The van der Waals surface area contributed by atoms with Crippen molar-refractivity contribution in [1.82, 2.24) is 9.47 Å². The zero-order valence-electron chi connectivity index (χ0n) is 19.5. The average molecular weight is 482 g/mol. The van der Waals surface area contributed by atoms with Gasteiger partial charge in [0.25, 0.3) is 17.4 Å². The second kappa shape index (κ2) is 8.75. The normalized spacial score (nSPS) is 18.5. The molecule has 6 nitrogen and oxygen atoms in total. The zero-order chi connectivity index (χ0) is 24.8. The van der Waals surface area contributed by atoms with Gasteiger partial charge in [-0.3, -0.25) is 14.4 Å². The Balaban J connectivity index is 1.23. The molecule has 3 aromatic carbocycles. The molecule has 1 N–H and O–H groups in total. The second-order valence-corrected chi connectivity index (χ2v) is 9.62. The Morgan fingerprint density at radius 3 is 2.39 bits per heavy atom. The molecule has 1 saturated heterocycles. The maximum Gasteiger partial charge on any atom is 0.274 e. The fraction of sp³-hybridized carbons (Fsp3) is 0.207. The van der Waals surface area contributed by atoms with Gasteiger partial charge in [-0.1, -0.05) is 30.3 Å². The molecule has 1 fully saturated rings. The number of pyridine rings is 1. The summed E-state index contributed by atoms with van der Waals surface area (Å²) in [5, 5.41) is 4.80. The molecule has 0 unspecified atom stereocenters. The third kappa shape index (κ3) is 3.96. The lowest BCUT2D eigenvalue weighted by molar-refractivity contribution is 0.0594. The van der Waals surface area contributed by atoms with Crippen molar-refractivity contribution in [2.24, 2.45) is 5.92 Å². The van der Waals surface area contributed by atoms with Crippen LogP contribution in [-0.4, -0.2) is 34.4 Å². The predicted octanol–water partition coefficient (Wildman–Crippen LogP) is 4.65. The van der Waals surface area contributed by atoms with Gasteiger partial charge in [0.05, 0.1) is 0 Å². The number of nitrogens with zero attached hydrogens (tertiary/aromatic N) is 2. The average Bonchev–Trinajstić information content (AvgIpc) is 2.90. The van der Waals surface area contributed by atoms with Gasteiger partial charge in [0.15, 0.2) is 0 Å². The molecule has 180 valence electrons. The van der Waals surface area contributed by atoms with Crippen LogP contribution in [0.15, 0.2) is 83.7 Å². The van der Waals surface area contributed by atoms with Crippen molar-refractivity contribution in [2.75, 3.05) is 18.4 Å². The Hall–Kier alpha value is -4.26. The zero-order valence-corrected chi connectivity index (χ0v) is 19.5. The Morgan fingerprint density at radius 2 is 1.58 bits per heavy atom. The first-order valence-corrected chi connectivity index (χ1v) is 12.0. The van der Waals surface area contributed by atoms with Gasteiger partial charge in [-0.05, 0) is 71.6 Å². The fourth-order valence-corrected chi connectivity index (χ4v) is 5.51. The van der Waals surface area contributed by atoms with E-state index in [9.17, 15) is 18.8 Å². The second-order valence-electron chi connectivity index (χ2n) is 9.62. The standard InChI is InChI=1S/C29H24FN3O3/c30-24-9-7-20(8-10-24)27(34)31-25-11-12-26-23-13-18(16-33(26)29(25)36)15-32(17-23)28(35)22-6-5-19-3-1-2-4-21(19)14-22/h1-12,14,18,23H,13,15-17H2,(H,31,34)/t18-,23-/m1/s1. The molecule has 2 aliphatic heterocycles. The van der Waals surface area contributed by atoms with E-state index < -0.39 is 11.7 Å². The molecule has 36 heavy (non-hydrogen) atoms. The van der Waals surface area contributed by atoms with Crippen LogP contribution in [0.4, 0.5) is 10.1 Å². The molecule has 0 aliphatic carbocycles. The Bertz CT molecular complexity index is 1560.